The predicted octanol–water partition coefficient (Wildman–Crippen LogP) is 2.01. The van der Waals surface area contributed by atoms with Gasteiger partial charge in [0.1, 0.15) is 0 Å². The van der Waals surface area contributed by atoms with Crippen molar-refractivity contribution in [1.82, 2.24) is 14.8 Å². The number of aliphatic hydroxyl groups excluding tert-OH is 1. The second kappa shape index (κ2) is 6.72. The summed E-state index contributed by atoms with van der Waals surface area (Å²) >= 11 is 0. The fourth-order valence-electron chi connectivity index (χ4n) is 3.27. The Morgan fingerprint density at radius 2 is 1.96 bits per heavy atom. The topological polar surface area (TPSA) is 59.6 Å². The Morgan fingerprint density at radius 1 is 1.26 bits per heavy atom. The van der Waals surface area contributed by atoms with Crippen molar-refractivity contribution in [2.24, 2.45) is 0 Å². The number of aromatic amines is 1. The number of nitrogens with zero attached hydrogens (tertiary/aromatic N) is 2. The third kappa shape index (κ3) is 3.26. The molecule has 1 amide bonds. The predicted molar refractivity (Wildman–Crippen MR) is 91.7 cm³/mol. The van der Waals surface area contributed by atoms with Crippen molar-refractivity contribution in [1.29, 1.82) is 0 Å². The van der Waals surface area contributed by atoms with Crippen LogP contribution in [0.15, 0.2) is 24.3 Å². The Labute approximate surface area is 136 Å². The first kappa shape index (κ1) is 16.0. The van der Waals surface area contributed by atoms with Crippen LogP contribution < -0.4 is 0 Å². The summed E-state index contributed by atoms with van der Waals surface area (Å²) < 4.78 is 0. The minimum Gasteiger partial charge on any atom is -0.392 e. The Hall–Kier alpha value is -1.85. The molecule has 2 aromatic rings. The largest absolute Gasteiger partial charge is 0.392 e. The number of fused-ring (bicyclic) bond motifs is 1. The maximum atomic E-state index is 12.9. The number of aryl methyl sites for hydroxylation is 1. The first-order valence-corrected chi connectivity index (χ1v) is 8.37. The Bertz CT molecular complexity index is 687. The zero-order chi connectivity index (χ0) is 16.4. The summed E-state index contributed by atoms with van der Waals surface area (Å²) in [5, 5.41) is 10.8. The average molecular weight is 315 g/mol. The molecule has 0 bridgehead atoms. The molecule has 0 unspecified atom stereocenters. The summed E-state index contributed by atoms with van der Waals surface area (Å²) in [7, 11) is 0. The average Bonchev–Trinajstić information content (AvgIpc) is 2.90. The zero-order valence-electron chi connectivity index (χ0n) is 13.9. The minimum absolute atomic E-state index is 0.107. The normalized spacial score (nSPS) is 17.6. The number of β-amino-alcohol motifs (C(OH)–C–C–N with tert-alkyl or cyclic N) is 1. The van der Waals surface area contributed by atoms with E-state index in [0.29, 0.717) is 19.6 Å². The highest BCUT2D eigenvalue weighted by molar-refractivity contribution is 6.08. The molecule has 1 aromatic heterocycles. The number of amides is 1. The number of nitrogens with one attached hydrogen (secondary N) is 1. The number of hydrogen-bond acceptors (Lipinski definition) is 3. The van der Waals surface area contributed by atoms with Gasteiger partial charge in [-0.1, -0.05) is 25.1 Å². The fourth-order valence-corrected chi connectivity index (χ4v) is 3.27. The molecule has 1 saturated heterocycles. The van der Waals surface area contributed by atoms with E-state index in [1.165, 1.54) is 0 Å². The van der Waals surface area contributed by atoms with Crippen LogP contribution in [0.4, 0.5) is 0 Å². The molecule has 124 valence electrons. The van der Waals surface area contributed by atoms with Crippen LogP contribution in [-0.2, 0) is 0 Å². The van der Waals surface area contributed by atoms with Crippen LogP contribution in [-0.4, -0.2) is 64.6 Å². The van der Waals surface area contributed by atoms with Crippen LogP contribution in [0.25, 0.3) is 10.9 Å². The van der Waals surface area contributed by atoms with Crippen molar-refractivity contribution in [3.05, 3.63) is 35.5 Å². The van der Waals surface area contributed by atoms with Gasteiger partial charge in [0.25, 0.3) is 5.91 Å². The molecule has 2 N–H and O–H groups in total. The summed E-state index contributed by atoms with van der Waals surface area (Å²) in [6, 6.07) is 7.95. The lowest BCUT2D eigenvalue weighted by atomic mass is 10.1. The highest BCUT2D eigenvalue weighted by atomic mass is 16.3. The van der Waals surface area contributed by atoms with E-state index < -0.39 is 0 Å². The number of piperazine rings is 1. The summed E-state index contributed by atoms with van der Waals surface area (Å²) in [5.74, 6) is 0.107. The van der Waals surface area contributed by atoms with Crippen molar-refractivity contribution in [3.8, 4) is 0 Å². The SMILES string of the molecule is CC[C@@H](O)CN1CCN(C(=O)c2c(C)[nH]c3ccccc23)CC1. The first-order chi connectivity index (χ1) is 11.1. The molecule has 23 heavy (non-hydrogen) atoms. The lowest BCUT2D eigenvalue weighted by Crippen LogP contribution is -2.50. The van der Waals surface area contributed by atoms with Gasteiger partial charge in [0.05, 0.1) is 11.7 Å². The molecule has 1 aliphatic rings. The molecule has 0 radical (unpaired) electrons. The molecule has 1 aliphatic heterocycles. The van der Waals surface area contributed by atoms with Gasteiger partial charge in [0.2, 0.25) is 0 Å². The molecular weight excluding hydrogens is 290 g/mol. The summed E-state index contributed by atoms with van der Waals surface area (Å²) in [6.07, 6.45) is 0.501. The minimum atomic E-state index is -0.270. The van der Waals surface area contributed by atoms with E-state index in [4.69, 9.17) is 0 Å². The van der Waals surface area contributed by atoms with Crippen LogP contribution in [0.2, 0.25) is 0 Å². The van der Waals surface area contributed by atoms with E-state index in [1.54, 1.807) is 0 Å². The number of H-pyrrole nitrogens is 1. The van der Waals surface area contributed by atoms with Gasteiger partial charge in [-0.25, -0.2) is 0 Å². The summed E-state index contributed by atoms with van der Waals surface area (Å²) in [5.41, 5.74) is 2.74. The van der Waals surface area contributed by atoms with Crippen LogP contribution in [0.5, 0.6) is 0 Å². The number of para-hydroxylation sites is 1. The molecule has 1 fully saturated rings. The van der Waals surface area contributed by atoms with E-state index in [0.717, 1.165) is 41.7 Å². The summed E-state index contributed by atoms with van der Waals surface area (Å²) in [4.78, 5) is 20.4. The van der Waals surface area contributed by atoms with Crippen molar-refractivity contribution in [2.75, 3.05) is 32.7 Å². The highest BCUT2D eigenvalue weighted by Crippen LogP contribution is 2.23. The number of carbonyl (C=O) groups is 1. The number of benzene rings is 1. The molecule has 5 nitrogen and oxygen atoms in total. The van der Waals surface area contributed by atoms with Gasteiger partial charge in [-0.2, -0.15) is 0 Å². The number of carbonyl (C=O) groups excluding carboxylic acids is 1. The monoisotopic (exact) mass is 315 g/mol. The Kier molecular flexibility index (Phi) is 4.68. The van der Waals surface area contributed by atoms with Gasteiger partial charge in [-0.3, -0.25) is 9.69 Å². The van der Waals surface area contributed by atoms with Gasteiger partial charge < -0.3 is 15.0 Å². The molecule has 0 saturated carbocycles. The maximum Gasteiger partial charge on any atom is 0.256 e. The van der Waals surface area contributed by atoms with Gasteiger partial charge in [-0.05, 0) is 19.4 Å². The number of hydrogen-bond donors (Lipinski definition) is 2. The molecule has 1 aromatic carbocycles. The van der Waals surface area contributed by atoms with Gasteiger partial charge in [0.15, 0.2) is 0 Å². The quantitative estimate of drug-likeness (QED) is 0.907. The lowest BCUT2D eigenvalue weighted by molar-refractivity contribution is 0.0525. The van der Waals surface area contributed by atoms with E-state index >= 15 is 0 Å². The molecular formula is C18H25N3O2. The zero-order valence-corrected chi connectivity index (χ0v) is 13.9. The standard InChI is InChI=1S/C18H25N3O2/c1-3-14(22)12-20-8-10-21(11-9-20)18(23)17-13(2)19-16-7-5-4-6-15(16)17/h4-7,14,19,22H,3,8-12H2,1-2H3/t14-/m1/s1. The van der Waals surface area contributed by atoms with Crippen LogP contribution in [0.1, 0.15) is 29.4 Å². The van der Waals surface area contributed by atoms with Gasteiger partial charge in [-0.15, -0.1) is 0 Å². The molecule has 3 rings (SSSR count). The van der Waals surface area contributed by atoms with Crippen LogP contribution in [0.3, 0.4) is 0 Å². The van der Waals surface area contributed by atoms with E-state index in [2.05, 4.69) is 9.88 Å². The van der Waals surface area contributed by atoms with Crippen molar-refractivity contribution < 1.29 is 9.90 Å². The lowest BCUT2D eigenvalue weighted by Gasteiger charge is -2.35. The van der Waals surface area contributed by atoms with Crippen LogP contribution >= 0.6 is 0 Å². The van der Waals surface area contributed by atoms with Gasteiger partial charge >= 0.3 is 0 Å². The molecule has 1 atom stereocenters. The Morgan fingerprint density at radius 3 is 2.65 bits per heavy atom. The number of aromatic nitrogens is 1. The summed E-state index contributed by atoms with van der Waals surface area (Å²) in [6.45, 7) is 7.73. The second-order valence-corrected chi connectivity index (χ2v) is 6.33. The van der Waals surface area contributed by atoms with Gasteiger partial charge in [0, 0.05) is 49.3 Å². The van der Waals surface area contributed by atoms with Crippen molar-refractivity contribution in [2.45, 2.75) is 26.4 Å². The van der Waals surface area contributed by atoms with Crippen molar-refractivity contribution in [3.63, 3.8) is 0 Å². The van der Waals surface area contributed by atoms with E-state index in [9.17, 15) is 9.90 Å². The fraction of sp³-hybridized carbons (Fsp3) is 0.500. The smallest absolute Gasteiger partial charge is 0.256 e. The third-order valence-corrected chi connectivity index (χ3v) is 4.71. The van der Waals surface area contributed by atoms with Crippen LogP contribution in [0, 0.1) is 6.92 Å². The molecule has 2 heterocycles. The molecule has 5 heteroatoms. The second-order valence-electron chi connectivity index (χ2n) is 6.33. The highest BCUT2D eigenvalue weighted by Gasteiger charge is 2.26. The Balaban J connectivity index is 1.71. The van der Waals surface area contributed by atoms with E-state index in [1.807, 2.05) is 43.0 Å². The number of aliphatic hydroxyl groups is 1. The van der Waals surface area contributed by atoms with Crippen molar-refractivity contribution >= 4 is 16.8 Å². The maximum absolute atomic E-state index is 12.9. The van der Waals surface area contributed by atoms with E-state index in [-0.39, 0.29) is 12.0 Å². The number of rotatable bonds is 4. The molecule has 0 aliphatic carbocycles. The first-order valence-electron chi connectivity index (χ1n) is 8.37. The molecule has 0 spiro atoms. The third-order valence-electron chi connectivity index (χ3n) is 4.71.